The van der Waals surface area contributed by atoms with E-state index in [0.717, 1.165) is 37.8 Å². The van der Waals surface area contributed by atoms with Crippen LogP contribution in [0.2, 0.25) is 0 Å². The lowest BCUT2D eigenvalue weighted by molar-refractivity contribution is -0.120. The first kappa shape index (κ1) is 21.2. The van der Waals surface area contributed by atoms with Crippen molar-refractivity contribution in [3.05, 3.63) is 48.3 Å². The Kier molecular flexibility index (Phi) is 5.33. The summed E-state index contributed by atoms with van der Waals surface area (Å²) >= 11 is 0. The Hall–Kier alpha value is -2.65. The van der Waals surface area contributed by atoms with Gasteiger partial charge in [-0.15, -0.1) is 0 Å². The number of halogens is 1. The number of nitrogens with zero attached hydrogens (tertiary/aromatic N) is 1. The second-order valence-corrected chi connectivity index (χ2v) is 10.5. The summed E-state index contributed by atoms with van der Waals surface area (Å²) in [5.74, 6) is -0.122. The minimum atomic E-state index is -3.70. The predicted octanol–water partition coefficient (Wildman–Crippen LogP) is 3.91. The summed E-state index contributed by atoms with van der Waals surface area (Å²) in [7, 11) is -3.70. The van der Waals surface area contributed by atoms with Crippen molar-refractivity contribution in [1.29, 1.82) is 0 Å². The van der Waals surface area contributed by atoms with Gasteiger partial charge in [-0.3, -0.25) is 4.79 Å². The number of sulfonamides is 1. The van der Waals surface area contributed by atoms with Gasteiger partial charge in [0.1, 0.15) is 5.82 Å². The van der Waals surface area contributed by atoms with Crippen molar-refractivity contribution in [3.8, 4) is 11.5 Å². The molecule has 0 bridgehead atoms. The number of carbonyl (C=O) groups is 1. The summed E-state index contributed by atoms with van der Waals surface area (Å²) in [6.07, 6.45) is 4.71. The van der Waals surface area contributed by atoms with Crippen molar-refractivity contribution in [3.63, 3.8) is 0 Å². The maximum Gasteiger partial charge on any atom is 0.251 e. The molecule has 9 heteroatoms. The molecule has 0 unspecified atom stereocenters. The minimum absolute atomic E-state index is 0.0576. The number of amides is 1. The fraction of sp³-hybridized carbons (Fsp3) is 0.435. The zero-order valence-corrected chi connectivity index (χ0v) is 18.4. The lowest BCUT2D eigenvalue weighted by atomic mass is 9.97. The summed E-state index contributed by atoms with van der Waals surface area (Å²) in [6, 6.07) is 10.2. The third-order valence-corrected chi connectivity index (χ3v) is 8.36. The zero-order valence-electron chi connectivity index (χ0n) is 17.6. The summed E-state index contributed by atoms with van der Waals surface area (Å²) in [5, 5.41) is 2.93. The van der Waals surface area contributed by atoms with Gasteiger partial charge in [0.15, 0.2) is 11.5 Å². The van der Waals surface area contributed by atoms with Crippen LogP contribution < -0.4 is 14.8 Å². The van der Waals surface area contributed by atoms with Crippen LogP contribution >= 0.6 is 0 Å². The average molecular weight is 461 g/mol. The van der Waals surface area contributed by atoms with Crippen LogP contribution in [0.1, 0.15) is 38.5 Å². The van der Waals surface area contributed by atoms with Gasteiger partial charge in [0, 0.05) is 43.6 Å². The Bertz CT molecular complexity index is 1120. The molecule has 1 amide bonds. The largest absolute Gasteiger partial charge is 0.448 e. The first-order valence-electron chi connectivity index (χ1n) is 10.9. The normalized spacial score (nSPS) is 20.5. The standard InChI is InChI=1S/C23H25FN2O5S/c24-17-3-6-19(7-4-17)32(28,29)26-13-9-16(10-14-26)22(27)25-18-5-8-20-21(15-18)31-23(30-20)11-1-2-12-23/h3-8,15-16H,1-2,9-14H2,(H,25,27). The molecular formula is C23H25FN2O5S. The number of piperidine rings is 1. The molecule has 170 valence electrons. The number of nitrogens with one attached hydrogen (secondary N) is 1. The molecule has 2 aromatic rings. The van der Waals surface area contributed by atoms with Gasteiger partial charge in [0.05, 0.1) is 4.90 Å². The smallest absolute Gasteiger partial charge is 0.251 e. The van der Waals surface area contributed by atoms with E-state index >= 15 is 0 Å². The van der Waals surface area contributed by atoms with E-state index in [1.54, 1.807) is 12.1 Å². The molecule has 2 aliphatic heterocycles. The summed E-state index contributed by atoms with van der Waals surface area (Å²) in [6.45, 7) is 0.475. The fourth-order valence-electron chi connectivity index (χ4n) is 4.65. The number of carbonyl (C=O) groups excluding carboxylic acids is 1. The third-order valence-electron chi connectivity index (χ3n) is 6.44. The average Bonchev–Trinajstić information content (AvgIpc) is 3.39. The van der Waals surface area contributed by atoms with Gasteiger partial charge >= 0.3 is 0 Å². The second kappa shape index (κ2) is 8.04. The summed E-state index contributed by atoms with van der Waals surface area (Å²) < 4.78 is 52.0. The molecule has 1 saturated heterocycles. The Morgan fingerprint density at radius 3 is 2.34 bits per heavy atom. The molecule has 0 radical (unpaired) electrons. The van der Waals surface area contributed by atoms with Gasteiger partial charge < -0.3 is 14.8 Å². The van der Waals surface area contributed by atoms with Crippen LogP contribution in [0.15, 0.2) is 47.4 Å². The molecule has 1 aliphatic carbocycles. The Morgan fingerprint density at radius 1 is 1.00 bits per heavy atom. The molecule has 0 atom stereocenters. The number of fused-ring (bicyclic) bond motifs is 1. The third kappa shape index (κ3) is 3.95. The number of benzene rings is 2. The number of hydrogen-bond acceptors (Lipinski definition) is 5. The van der Waals surface area contributed by atoms with Crippen LogP contribution in [0.3, 0.4) is 0 Å². The van der Waals surface area contributed by atoms with Crippen molar-refractivity contribution in [2.24, 2.45) is 5.92 Å². The zero-order chi connectivity index (χ0) is 22.3. The van der Waals surface area contributed by atoms with Gasteiger partial charge in [-0.2, -0.15) is 4.31 Å². The molecule has 3 aliphatic rings. The van der Waals surface area contributed by atoms with Crippen LogP contribution in [-0.2, 0) is 14.8 Å². The van der Waals surface area contributed by atoms with Crippen LogP contribution in [0.4, 0.5) is 10.1 Å². The van der Waals surface area contributed by atoms with Crippen molar-refractivity contribution in [1.82, 2.24) is 4.31 Å². The monoisotopic (exact) mass is 460 g/mol. The topological polar surface area (TPSA) is 84.9 Å². The van der Waals surface area contributed by atoms with Gasteiger partial charge in [-0.25, -0.2) is 12.8 Å². The predicted molar refractivity (Wildman–Crippen MR) is 115 cm³/mol. The SMILES string of the molecule is O=C(Nc1ccc2c(c1)OC1(CCCC1)O2)C1CCN(S(=O)(=O)c2ccc(F)cc2)CC1. The van der Waals surface area contributed by atoms with E-state index in [2.05, 4.69) is 5.32 Å². The quantitative estimate of drug-likeness (QED) is 0.748. The highest BCUT2D eigenvalue weighted by molar-refractivity contribution is 7.89. The molecule has 2 aromatic carbocycles. The van der Waals surface area contributed by atoms with Gasteiger partial charge in [0.25, 0.3) is 5.79 Å². The van der Waals surface area contributed by atoms with Crippen molar-refractivity contribution in [2.75, 3.05) is 18.4 Å². The highest BCUT2D eigenvalue weighted by atomic mass is 32.2. The molecule has 7 nitrogen and oxygen atoms in total. The van der Waals surface area contributed by atoms with Crippen LogP contribution in [0.25, 0.3) is 0 Å². The molecule has 1 N–H and O–H groups in total. The van der Waals surface area contributed by atoms with Crippen LogP contribution in [0, 0.1) is 11.7 Å². The Balaban J connectivity index is 1.19. The van der Waals surface area contributed by atoms with Gasteiger partial charge in [-0.1, -0.05) is 0 Å². The Labute approximate surface area is 186 Å². The van der Waals surface area contributed by atoms with E-state index in [-0.39, 0.29) is 29.8 Å². The number of rotatable bonds is 4. The van der Waals surface area contributed by atoms with E-state index in [1.165, 1.54) is 16.4 Å². The molecular weight excluding hydrogens is 435 g/mol. The minimum Gasteiger partial charge on any atom is -0.448 e. The highest BCUT2D eigenvalue weighted by Crippen LogP contribution is 2.47. The van der Waals surface area contributed by atoms with Gasteiger partial charge in [-0.05, 0) is 62.1 Å². The van der Waals surface area contributed by atoms with E-state index in [4.69, 9.17) is 9.47 Å². The van der Waals surface area contributed by atoms with E-state index in [1.807, 2.05) is 6.07 Å². The lowest BCUT2D eigenvalue weighted by Gasteiger charge is -2.30. The maximum absolute atomic E-state index is 13.1. The molecule has 1 spiro atoms. The maximum atomic E-state index is 13.1. The second-order valence-electron chi connectivity index (χ2n) is 8.60. The van der Waals surface area contributed by atoms with E-state index in [9.17, 15) is 17.6 Å². The lowest BCUT2D eigenvalue weighted by Crippen LogP contribution is -2.41. The molecule has 2 fully saturated rings. The van der Waals surface area contributed by atoms with E-state index < -0.39 is 21.6 Å². The van der Waals surface area contributed by atoms with Crippen LogP contribution in [0.5, 0.6) is 11.5 Å². The molecule has 0 aromatic heterocycles. The first-order chi connectivity index (χ1) is 15.3. The van der Waals surface area contributed by atoms with Crippen LogP contribution in [-0.4, -0.2) is 37.5 Å². The van der Waals surface area contributed by atoms with Crippen molar-refractivity contribution in [2.45, 2.75) is 49.2 Å². The first-order valence-corrected chi connectivity index (χ1v) is 12.4. The fourth-order valence-corrected chi connectivity index (χ4v) is 6.12. The summed E-state index contributed by atoms with van der Waals surface area (Å²) in [5.41, 5.74) is 0.633. The molecule has 1 saturated carbocycles. The number of anilines is 1. The van der Waals surface area contributed by atoms with Crippen molar-refractivity contribution < 1.29 is 27.1 Å². The molecule has 32 heavy (non-hydrogen) atoms. The van der Waals surface area contributed by atoms with Gasteiger partial charge in [0.2, 0.25) is 15.9 Å². The van der Waals surface area contributed by atoms with Crippen molar-refractivity contribution >= 4 is 21.6 Å². The Morgan fingerprint density at radius 2 is 1.66 bits per heavy atom. The molecule has 5 rings (SSSR count). The highest BCUT2D eigenvalue weighted by Gasteiger charge is 2.44. The molecule has 2 heterocycles. The van der Waals surface area contributed by atoms with E-state index in [0.29, 0.717) is 30.0 Å². The number of hydrogen-bond donors (Lipinski definition) is 1. The number of ether oxygens (including phenoxy) is 2. The summed E-state index contributed by atoms with van der Waals surface area (Å²) in [4.78, 5) is 12.8.